The van der Waals surface area contributed by atoms with E-state index < -0.39 is 11.3 Å². The Labute approximate surface area is 210 Å². The van der Waals surface area contributed by atoms with Crippen molar-refractivity contribution in [1.29, 1.82) is 0 Å². The molecule has 0 amide bonds. The highest BCUT2D eigenvalue weighted by molar-refractivity contribution is 5.96. The van der Waals surface area contributed by atoms with E-state index in [4.69, 9.17) is 10.3 Å². The van der Waals surface area contributed by atoms with Gasteiger partial charge in [-0.05, 0) is 68.7 Å². The maximum atomic E-state index is 13.2. The van der Waals surface area contributed by atoms with E-state index in [0.29, 0.717) is 33.6 Å². The molecule has 1 unspecified atom stereocenters. The number of carbonyl (C=O) groups is 1. The number of aryl methyl sites for hydroxylation is 2. The molecule has 37 heavy (non-hydrogen) atoms. The van der Waals surface area contributed by atoms with Crippen molar-refractivity contribution >= 4 is 22.8 Å². The molecule has 1 aromatic carbocycles. The number of aromatic amines is 1. The first kappa shape index (κ1) is 22.9. The third-order valence-electron chi connectivity index (χ3n) is 6.83. The van der Waals surface area contributed by atoms with E-state index in [1.807, 2.05) is 0 Å². The monoisotopic (exact) mass is 496 g/mol. The number of hydrogen-bond acceptors (Lipinski definition) is 8. The van der Waals surface area contributed by atoms with Crippen molar-refractivity contribution in [3.8, 4) is 11.1 Å². The standard InChI is InChI=1S/C27H24N6O4/c1-14-23(15(2)37-32-14)17-12-18(24-19(13-17)33(26(35)31-24)25(34)16-9-10-16)27(36,20-6-3-4-11-29-20)21-7-5-8-22(28)30-21/h3-8,11-13,16,36H,9-10H2,1-2H3,(H2,28,30)(H,31,35). The van der Waals surface area contributed by atoms with Crippen LogP contribution in [-0.4, -0.2) is 35.7 Å². The van der Waals surface area contributed by atoms with Gasteiger partial charge in [0, 0.05) is 23.2 Å². The molecule has 0 spiro atoms. The lowest BCUT2D eigenvalue weighted by Crippen LogP contribution is -2.32. The van der Waals surface area contributed by atoms with Crippen molar-refractivity contribution in [2.75, 3.05) is 5.73 Å². The number of carbonyl (C=O) groups excluding carboxylic acids is 1. The van der Waals surface area contributed by atoms with Gasteiger partial charge >= 0.3 is 5.69 Å². The summed E-state index contributed by atoms with van der Waals surface area (Å²) in [5.41, 5.74) is 6.86. The van der Waals surface area contributed by atoms with Crippen LogP contribution in [0.3, 0.4) is 0 Å². The maximum Gasteiger partial charge on any atom is 0.333 e. The molecule has 10 nitrogen and oxygen atoms in total. The van der Waals surface area contributed by atoms with E-state index in [9.17, 15) is 14.7 Å². The van der Waals surface area contributed by atoms with E-state index in [1.54, 1.807) is 68.6 Å². The van der Waals surface area contributed by atoms with Crippen LogP contribution in [-0.2, 0) is 5.60 Å². The van der Waals surface area contributed by atoms with Crippen molar-refractivity contribution < 1.29 is 14.4 Å². The second kappa shape index (κ2) is 8.24. The van der Waals surface area contributed by atoms with Crippen LogP contribution in [0.25, 0.3) is 22.2 Å². The van der Waals surface area contributed by atoms with E-state index in [-0.39, 0.29) is 34.6 Å². The van der Waals surface area contributed by atoms with Gasteiger partial charge in [0.15, 0.2) is 5.60 Å². The Hall–Kier alpha value is -4.57. The third-order valence-corrected chi connectivity index (χ3v) is 6.83. The molecular formula is C27H24N6O4. The number of H-pyrrole nitrogens is 1. The number of aromatic nitrogens is 5. The van der Waals surface area contributed by atoms with Gasteiger partial charge in [0.1, 0.15) is 11.6 Å². The summed E-state index contributed by atoms with van der Waals surface area (Å²) in [7, 11) is 0. The summed E-state index contributed by atoms with van der Waals surface area (Å²) >= 11 is 0. The Balaban J connectivity index is 1.75. The van der Waals surface area contributed by atoms with Gasteiger partial charge in [-0.2, -0.15) is 0 Å². The SMILES string of the molecule is Cc1noc(C)c1-c1cc(C(O)(c2ccccn2)c2cccc(N)n2)c2[nH]c(=O)n(C(=O)C3CC3)c2c1. The first-order valence-electron chi connectivity index (χ1n) is 11.9. The van der Waals surface area contributed by atoms with Gasteiger partial charge in [0.25, 0.3) is 0 Å². The molecule has 0 saturated heterocycles. The van der Waals surface area contributed by atoms with E-state index >= 15 is 0 Å². The van der Waals surface area contributed by atoms with Crippen molar-refractivity contribution in [3.05, 3.63) is 93.6 Å². The first-order chi connectivity index (χ1) is 17.8. The topological polar surface area (TPSA) is 153 Å². The van der Waals surface area contributed by atoms with Crippen LogP contribution in [0.2, 0.25) is 0 Å². The summed E-state index contributed by atoms with van der Waals surface area (Å²) in [5.74, 6) is 0.291. The van der Waals surface area contributed by atoms with Crippen LogP contribution in [0, 0.1) is 19.8 Å². The summed E-state index contributed by atoms with van der Waals surface area (Å²) < 4.78 is 6.56. The minimum atomic E-state index is -1.93. The fraction of sp³-hybridized carbons (Fsp3) is 0.222. The molecule has 1 aliphatic rings. The highest BCUT2D eigenvalue weighted by atomic mass is 16.5. The van der Waals surface area contributed by atoms with Gasteiger partial charge in [-0.15, -0.1) is 0 Å². The second-order valence-corrected chi connectivity index (χ2v) is 9.37. The van der Waals surface area contributed by atoms with Gasteiger partial charge in [-0.25, -0.2) is 14.3 Å². The number of benzene rings is 1. The average molecular weight is 497 g/mol. The molecule has 5 aromatic rings. The maximum absolute atomic E-state index is 13.2. The quantitative estimate of drug-likeness (QED) is 0.335. The average Bonchev–Trinajstić information content (AvgIpc) is 3.62. The Bertz CT molecular complexity index is 1710. The summed E-state index contributed by atoms with van der Waals surface area (Å²) in [6, 6.07) is 13.6. The zero-order chi connectivity index (χ0) is 25.9. The van der Waals surface area contributed by atoms with Crippen LogP contribution >= 0.6 is 0 Å². The summed E-state index contributed by atoms with van der Waals surface area (Å²) in [6.07, 6.45) is 3.03. The number of rotatable bonds is 5. The normalized spacial score (nSPS) is 15.1. The number of nitrogens with two attached hydrogens (primary N) is 1. The number of nitrogens with one attached hydrogen (secondary N) is 1. The molecule has 4 heterocycles. The molecule has 4 N–H and O–H groups in total. The number of anilines is 1. The second-order valence-electron chi connectivity index (χ2n) is 9.37. The van der Waals surface area contributed by atoms with Crippen LogP contribution in [0.4, 0.5) is 5.82 Å². The number of aliphatic hydroxyl groups is 1. The van der Waals surface area contributed by atoms with E-state index in [1.165, 1.54) is 0 Å². The predicted octanol–water partition coefficient (Wildman–Crippen LogP) is 3.31. The highest BCUT2D eigenvalue weighted by Gasteiger charge is 2.41. The smallest absolute Gasteiger partial charge is 0.333 e. The molecule has 0 radical (unpaired) electrons. The van der Waals surface area contributed by atoms with Crippen molar-refractivity contribution in [1.82, 2.24) is 24.7 Å². The summed E-state index contributed by atoms with van der Waals surface area (Å²) in [5, 5.41) is 16.6. The molecule has 1 atom stereocenters. The Kier molecular flexibility index (Phi) is 5.09. The van der Waals surface area contributed by atoms with Crippen LogP contribution in [0.15, 0.2) is 64.0 Å². The number of pyridine rings is 2. The van der Waals surface area contributed by atoms with Crippen molar-refractivity contribution in [2.45, 2.75) is 32.3 Å². The summed E-state index contributed by atoms with van der Waals surface area (Å²) in [6.45, 7) is 3.59. The number of imidazole rings is 1. The Morgan fingerprint density at radius 2 is 1.95 bits per heavy atom. The fourth-order valence-electron chi connectivity index (χ4n) is 4.90. The molecule has 10 heteroatoms. The molecule has 6 rings (SSSR count). The lowest BCUT2D eigenvalue weighted by atomic mass is 9.83. The lowest BCUT2D eigenvalue weighted by Gasteiger charge is -2.29. The van der Waals surface area contributed by atoms with Crippen molar-refractivity contribution in [3.63, 3.8) is 0 Å². The van der Waals surface area contributed by atoms with Gasteiger partial charge in [0.05, 0.1) is 28.1 Å². The zero-order valence-corrected chi connectivity index (χ0v) is 20.2. The summed E-state index contributed by atoms with van der Waals surface area (Å²) in [4.78, 5) is 38.1. The molecular weight excluding hydrogens is 472 g/mol. The molecule has 186 valence electrons. The first-order valence-corrected chi connectivity index (χ1v) is 11.9. The van der Waals surface area contributed by atoms with Gasteiger partial charge in [0.2, 0.25) is 5.91 Å². The van der Waals surface area contributed by atoms with Gasteiger partial charge in [-0.1, -0.05) is 17.3 Å². The molecule has 0 bridgehead atoms. The zero-order valence-electron chi connectivity index (χ0n) is 20.2. The largest absolute Gasteiger partial charge is 0.384 e. The van der Waals surface area contributed by atoms with Crippen LogP contribution < -0.4 is 11.4 Å². The Morgan fingerprint density at radius 1 is 1.16 bits per heavy atom. The molecule has 4 aromatic heterocycles. The van der Waals surface area contributed by atoms with Crippen LogP contribution in [0.5, 0.6) is 0 Å². The van der Waals surface area contributed by atoms with Crippen molar-refractivity contribution in [2.24, 2.45) is 5.92 Å². The third kappa shape index (κ3) is 3.56. The van der Waals surface area contributed by atoms with Gasteiger partial charge in [-0.3, -0.25) is 9.78 Å². The lowest BCUT2D eigenvalue weighted by molar-refractivity contribution is 0.0887. The minimum Gasteiger partial charge on any atom is -0.384 e. The number of fused-ring (bicyclic) bond motifs is 1. The van der Waals surface area contributed by atoms with Gasteiger partial charge < -0.3 is 20.3 Å². The fourth-order valence-corrected chi connectivity index (χ4v) is 4.90. The molecule has 1 fully saturated rings. The van der Waals surface area contributed by atoms with E-state index in [2.05, 4.69) is 20.1 Å². The van der Waals surface area contributed by atoms with Crippen LogP contribution in [0.1, 0.15) is 46.0 Å². The number of nitrogens with zero attached hydrogens (tertiary/aromatic N) is 4. The number of nitrogen functional groups attached to an aromatic ring is 1. The molecule has 1 saturated carbocycles. The Morgan fingerprint density at radius 3 is 2.59 bits per heavy atom. The molecule has 1 aliphatic carbocycles. The predicted molar refractivity (Wildman–Crippen MR) is 136 cm³/mol. The number of hydrogen-bond donors (Lipinski definition) is 3. The van der Waals surface area contributed by atoms with E-state index in [0.717, 1.165) is 17.4 Å². The minimum absolute atomic E-state index is 0.201. The molecule has 0 aliphatic heterocycles. The highest BCUT2D eigenvalue weighted by Crippen LogP contribution is 2.42.